The van der Waals surface area contributed by atoms with E-state index in [1.165, 1.54) is 18.2 Å². The summed E-state index contributed by atoms with van der Waals surface area (Å²) in [5, 5.41) is 2.64. The largest absolute Gasteiger partial charge is 0.486 e. The molecular formula is C22H27FN3O4+. The number of anilines is 1. The number of carbonyl (C=O) groups excluding carboxylic acids is 2. The molecular weight excluding hydrogens is 389 g/mol. The molecule has 0 radical (unpaired) electrons. The predicted molar refractivity (Wildman–Crippen MR) is 110 cm³/mol. The Morgan fingerprint density at radius 2 is 1.93 bits per heavy atom. The van der Waals surface area contributed by atoms with Gasteiger partial charge in [-0.1, -0.05) is 18.2 Å². The number of ether oxygens (including phenoxy) is 2. The molecule has 2 atom stereocenters. The third kappa shape index (κ3) is 5.93. The van der Waals surface area contributed by atoms with Gasteiger partial charge in [0, 0.05) is 12.2 Å². The summed E-state index contributed by atoms with van der Waals surface area (Å²) in [5.74, 6) is 0.606. The van der Waals surface area contributed by atoms with E-state index in [2.05, 4.69) is 5.32 Å². The Morgan fingerprint density at radius 1 is 1.17 bits per heavy atom. The Bertz CT molecular complexity index is 892. The van der Waals surface area contributed by atoms with Crippen LogP contribution in [0.1, 0.15) is 6.92 Å². The Kier molecular flexibility index (Phi) is 7.24. The fraction of sp³-hybridized carbons (Fsp3) is 0.364. The van der Waals surface area contributed by atoms with E-state index < -0.39 is 5.82 Å². The maximum atomic E-state index is 13.2. The zero-order chi connectivity index (χ0) is 21.5. The molecule has 30 heavy (non-hydrogen) atoms. The number of rotatable bonds is 8. The van der Waals surface area contributed by atoms with Crippen LogP contribution in [0, 0.1) is 5.82 Å². The van der Waals surface area contributed by atoms with Gasteiger partial charge >= 0.3 is 0 Å². The van der Waals surface area contributed by atoms with Crippen molar-refractivity contribution in [1.82, 2.24) is 4.90 Å². The lowest BCUT2D eigenvalue weighted by Gasteiger charge is -2.31. The molecule has 3 rings (SSSR count). The van der Waals surface area contributed by atoms with E-state index in [0.717, 1.165) is 4.90 Å². The van der Waals surface area contributed by atoms with Crippen molar-refractivity contribution in [2.45, 2.75) is 13.0 Å². The van der Waals surface area contributed by atoms with E-state index >= 15 is 0 Å². The number of quaternary nitrogens is 1. The highest BCUT2D eigenvalue weighted by atomic mass is 19.1. The summed E-state index contributed by atoms with van der Waals surface area (Å²) in [7, 11) is 1.77. The molecule has 160 valence electrons. The van der Waals surface area contributed by atoms with Gasteiger partial charge in [0.1, 0.15) is 12.4 Å². The Hall–Kier alpha value is -3.13. The number of likely N-dealkylation sites (N-methyl/N-ethyl adjacent to an activating group) is 2. The summed E-state index contributed by atoms with van der Waals surface area (Å²) < 4.78 is 24.9. The normalized spacial score (nSPS) is 15.9. The van der Waals surface area contributed by atoms with Gasteiger partial charge in [0.05, 0.1) is 13.6 Å². The van der Waals surface area contributed by atoms with E-state index in [9.17, 15) is 14.0 Å². The molecule has 0 saturated carbocycles. The van der Waals surface area contributed by atoms with Crippen LogP contribution < -0.4 is 19.7 Å². The third-order valence-corrected chi connectivity index (χ3v) is 4.75. The number of para-hydroxylation sites is 2. The maximum Gasteiger partial charge on any atom is 0.279 e. The molecule has 0 fully saturated rings. The molecule has 1 unspecified atom stereocenters. The standard InChI is InChI=1S/C22H26FN3O4/c1-3-26(12-18-15-29-19-9-4-5-10-20(19)30-18)22(28)14-25(2)13-21(27)24-17-8-6-7-16(23)11-17/h4-11,18H,3,12-15H2,1-2H3,(H,24,27)/p+1/t18-/m0/s1. The monoisotopic (exact) mass is 416 g/mol. The summed E-state index contributed by atoms with van der Waals surface area (Å²) in [6.07, 6.45) is -0.250. The summed E-state index contributed by atoms with van der Waals surface area (Å²) in [6.45, 7) is 3.47. The van der Waals surface area contributed by atoms with Crippen LogP contribution in [-0.2, 0) is 9.59 Å². The number of fused-ring (bicyclic) bond motifs is 1. The van der Waals surface area contributed by atoms with Crippen LogP contribution in [0.25, 0.3) is 0 Å². The van der Waals surface area contributed by atoms with E-state index in [4.69, 9.17) is 9.47 Å². The number of hydrogen-bond acceptors (Lipinski definition) is 4. The molecule has 0 spiro atoms. The van der Waals surface area contributed by atoms with Gasteiger partial charge in [-0.05, 0) is 37.3 Å². The number of nitrogens with zero attached hydrogens (tertiary/aromatic N) is 1. The van der Waals surface area contributed by atoms with Crippen molar-refractivity contribution in [3.63, 3.8) is 0 Å². The zero-order valence-corrected chi connectivity index (χ0v) is 17.2. The third-order valence-electron chi connectivity index (χ3n) is 4.75. The Labute approximate surface area is 175 Å². The molecule has 2 N–H and O–H groups in total. The first-order chi connectivity index (χ1) is 14.4. The number of nitrogens with one attached hydrogen (secondary N) is 2. The first-order valence-electron chi connectivity index (χ1n) is 9.97. The van der Waals surface area contributed by atoms with Crippen molar-refractivity contribution < 1.29 is 28.4 Å². The molecule has 0 bridgehead atoms. The van der Waals surface area contributed by atoms with Gasteiger partial charge in [-0.3, -0.25) is 9.59 Å². The van der Waals surface area contributed by atoms with Crippen molar-refractivity contribution in [3.8, 4) is 11.5 Å². The fourth-order valence-electron chi connectivity index (χ4n) is 3.28. The molecule has 1 aliphatic heterocycles. The summed E-state index contributed by atoms with van der Waals surface area (Å²) in [4.78, 5) is 27.3. The van der Waals surface area contributed by atoms with Crippen molar-refractivity contribution in [1.29, 1.82) is 0 Å². The minimum absolute atomic E-state index is 0.0731. The molecule has 0 aliphatic carbocycles. The highest BCUT2D eigenvalue weighted by Gasteiger charge is 2.26. The topological polar surface area (TPSA) is 72.3 Å². The molecule has 7 nitrogen and oxygen atoms in total. The molecule has 2 aromatic carbocycles. The van der Waals surface area contributed by atoms with E-state index in [1.807, 2.05) is 31.2 Å². The molecule has 1 aliphatic rings. The minimum Gasteiger partial charge on any atom is -0.486 e. The van der Waals surface area contributed by atoms with Gasteiger partial charge in [-0.15, -0.1) is 0 Å². The molecule has 2 aromatic rings. The number of halogens is 1. The Morgan fingerprint density at radius 3 is 2.67 bits per heavy atom. The quantitative estimate of drug-likeness (QED) is 0.673. The summed E-state index contributed by atoms with van der Waals surface area (Å²) >= 11 is 0. The summed E-state index contributed by atoms with van der Waals surface area (Å²) in [5.41, 5.74) is 0.393. The highest BCUT2D eigenvalue weighted by molar-refractivity contribution is 5.91. The lowest BCUT2D eigenvalue weighted by molar-refractivity contribution is -0.862. The second kappa shape index (κ2) is 10.1. The maximum absolute atomic E-state index is 13.2. The number of amides is 2. The number of benzene rings is 2. The lowest BCUT2D eigenvalue weighted by atomic mass is 10.2. The van der Waals surface area contributed by atoms with Gasteiger partial charge in [0.2, 0.25) is 0 Å². The van der Waals surface area contributed by atoms with Gasteiger partial charge < -0.3 is 24.6 Å². The van der Waals surface area contributed by atoms with E-state index in [1.54, 1.807) is 18.0 Å². The van der Waals surface area contributed by atoms with Crippen LogP contribution >= 0.6 is 0 Å². The highest BCUT2D eigenvalue weighted by Crippen LogP contribution is 2.30. The molecule has 1 heterocycles. The van der Waals surface area contributed by atoms with Gasteiger partial charge in [0.25, 0.3) is 11.8 Å². The average Bonchev–Trinajstić information content (AvgIpc) is 2.71. The first kappa shape index (κ1) is 21.6. The zero-order valence-electron chi connectivity index (χ0n) is 17.2. The van der Waals surface area contributed by atoms with Crippen molar-refractivity contribution >= 4 is 17.5 Å². The van der Waals surface area contributed by atoms with Crippen molar-refractivity contribution in [3.05, 3.63) is 54.3 Å². The minimum atomic E-state index is -0.418. The number of hydrogen-bond donors (Lipinski definition) is 2. The van der Waals surface area contributed by atoms with Crippen LogP contribution in [-0.4, -0.2) is 62.7 Å². The predicted octanol–water partition coefficient (Wildman–Crippen LogP) is 0.967. The van der Waals surface area contributed by atoms with Crippen molar-refractivity contribution in [2.24, 2.45) is 0 Å². The van der Waals surface area contributed by atoms with Gasteiger partial charge in [-0.2, -0.15) is 0 Å². The van der Waals surface area contributed by atoms with E-state index in [-0.39, 0.29) is 31.0 Å². The second-order valence-corrected chi connectivity index (χ2v) is 7.30. The molecule has 8 heteroatoms. The van der Waals surface area contributed by atoms with Crippen LogP contribution in [0.4, 0.5) is 10.1 Å². The lowest BCUT2D eigenvalue weighted by Crippen LogP contribution is -3.11. The molecule has 0 saturated heterocycles. The molecule has 2 amide bonds. The van der Waals surface area contributed by atoms with Crippen LogP contribution in [0.2, 0.25) is 0 Å². The summed E-state index contributed by atoms with van der Waals surface area (Å²) in [6, 6.07) is 13.2. The Balaban J connectivity index is 1.48. The smallest absolute Gasteiger partial charge is 0.279 e. The van der Waals surface area contributed by atoms with Crippen LogP contribution in [0.15, 0.2) is 48.5 Å². The van der Waals surface area contributed by atoms with Crippen LogP contribution in [0.5, 0.6) is 11.5 Å². The van der Waals surface area contributed by atoms with E-state index in [0.29, 0.717) is 36.9 Å². The number of carbonyl (C=O) groups is 2. The fourth-order valence-corrected chi connectivity index (χ4v) is 3.28. The van der Waals surface area contributed by atoms with Crippen molar-refractivity contribution in [2.75, 3.05) is 45.2 Å². The van der Waals surface area contributed by atoms with Crippen LogP contribution in [0.3, 0.4) is 0 Å². The first-order valence-corrected chi connectivity index (χ1v) is 9.97. The average molecular weight is 416 g/mol. The molecule has 0 aromatic heterocycles. The SMILES string of the molecule is CCN(C[C@H]1COc2ccccc2O1)C(=O)C[NH+](C)CC(=O)Nc1cccc(F)c1. The van der Waals surface area contributed by atoms with Gasteiger partial charge in [0.15, 0.2) is 30.7 Å². The second-order valence-electron chi connectivity index (χ2n) is 7.30. The van der Waals surface area contributed by atoms with Gasteiger partial charge in [-0.25, -0.2) is 4.39 Å².